The van der Waals surface area contributed by atoms with Gasteiger partial charge in [0, 0.05) is 24.6 Å². The van der Waals surface area contributed by atoms with Gasteiger partial charge in [-0.25, -0.2) is 0 Å². The number of amides is 1. The Morgan fingerprint density at radius 3 is 2.62 bits per heavy atom. The van der Waals surface area contributed by atoms with Gasteiger partial charge in [-0.1, -0.05) is 36.4 Å². The fourth-order valence-corrected chi connectivity index (χ4v) is 3.98. The molecule has 1 amide bonds. The van der Waals surface area contributed by atoms with E-state index in [9.17, 15) is 9.90 Å². The fraction of sp³-hybridized carbons (Fsp3) is 0.421. The third-order valence-electron chi connectivity index (χ3n) is 4.68. The number of rotatable bonds is 6. The van der Waals surface area contributed by atoms with Gasteiger partial charge in [0.1, 0.15) is 0 Å². The highest BCUT2D eigenvalue weighted by molar-refractivity contribution is 7.10. The lowest BCUT2D eigenvalue weighted by Crippen LogP contribution is -2.48. The van der Waals surface area contributed by atoms with Gasteiger partial charge in [-0.05, 0) is 36.3 Å². The predicted molar refractivity (Wildman–Crippen MR) is 95.1 cm³/mol. The molecule has 1 fully saturated rings. The molecule has 2 heterocycles. The molecule has 24 heavy (non-hydrogen) atoms. The number of carbonyl (C=O) groups is 1. The molecule has 0 bridgehead atoms. The van der Waals surface area contributed by atoms with E-state index in [-0.39, 0.29) is 5.91 Å². The van der Waals surface area contributed by atoms with E-state index in [2.05, 4.69) is 5.32 Å². The minimum absolute atomic E-state index is 0.0374. The van der Waals surface area contributed by atoms with E-state index in [1.54, 1.807) is 0 Å². The van der Waals surface area contributed by atoms with Crippen molar-refractivity contribution in [1.82, 2.24) is 5.32 Å². The van der Waals surface area contributed by atoms with E-state index < -0.39 is 11.5 Å². The van der Waals surface area contributed by atoms with Crippen molar-refractivity contribution in [2.75, 3.05) is 19.8 Å². The van der Waals surface area contributed by atoms with Crippen molar-refractivity contribution in [3.8, 4) is 0 Å². The zero-order chi connectivity index (χ0) is 16.8. The number of hydrogen-bond donors (Lipinski definition) is 2. The Balaban J connectivity index is 1.64. The van der Waals surface area contributed by atoms with Crippen LogP contribution in [0.25, 0.3) is 0 Å². The molecule has 3 rings (SSSR count). The van der Waals surface area contributed by atoms with Crippen LogP contribution in [0.3, 0.4) is 0 Å². The molecule has 1 aliphatic heterocycles. The topological polar surface area (TPSA) is 58.6 Å². The van der Waals surface area contributed by atoms with Crippen LogP contribution in [-0.4, -0.2) is 30.8 Å². The highest BCUT2D eigenvalue weighted by Crippen LogP contribution is 2.35. The zero-order valence-electron chi connectivity index (χ0n) is 13.6. The number of aliphatic hydroxyl groups is 1. The summed E-state index contributed by atoms with van der Waals surface area (Å²) in [5, 5.41) is 15.1. The van der Waals surface area contributed by atoms with Crippen molar-refractivity contribution in [2.45, 2.75) is 30.8 Å². The molecule has 0 unspecified atom stereocenters. The highest BCUT2D eigenvalue weighted by atomic mass is 32.1. The molecule has 2 aromatic rings. The molecule has 1 aliphatic rings. The van der Waals surface area contributed by atoms with Gasteiger partial charge < -0.3 is 15.2 Å². The second kappa shape index (κ2) is 7.92. The first-order valence-electron chi connectivity index (χ1n) is 8.35. The number of carbonyl (C=O) groups excluding carboxylic acids is 1. The monoisotopic (exact) mass is 345 g/mol. The summed E-state index contributed by atoms with van der Waals surface area (Å²) in [6.07, 6.45) is 1.38. The number of nitrogens with one attached hydrogen (secondary N) is 1. The van der Waals surface area contributed by atoms with Crippen LogP contribution in [0, 0.1) is 0 Å². The van der Waals surface area contributed by atoms with Crippen LogP contribution in [0.15, 0.2) is 47.8 Å². The first-order valence-corrected chi connectivity index (χ1v) is 9.23. The van der Waals surface area contributed by atoms with Crippen LogP contribution < -0.4 is 5.32 Å². The second-order valence-electron chi connectivity index (χ2n) is 6.14. The van der Waals surface area contributed by atoms with Gasteiger partial charge >= 0.3 is 0 Å². The standard InChI is InChI=1S/C19H23NO3S/c21-16(17-7-4-14-24-17)8-11-20-18(22)19(9-12-23-13-10-19)15-5-2-1-3-6-15/h1-7,14,16,21H,8-13H2,(H,20,22)/t16-/m0/s1. The maximum Gasteiger partial charge on any atom is 0.230 e. The molecular weight excluding hydrogens is 322 g/mol. The molecule has 1 atom stereocenters. The van der Waals surface area contributed by atoms with Gasteiger partial charge in [-0.2, -0.15) is 0 Å². The van der Waals surface area contributed by atoms with E-state index in [4.69, 9.17) is 4.74 Å². The van der Waals surface area contributed by atoms with Crippen molar-refractivity contribution in [1.29, 1.82) is 0 Å². The lowest BCUT2D eigenvalue weighted by Gasteiger charge is -2.36. The molecule has 1 saturated heterocycles. The van der Waals surface area contributed by atoms with Crippen LogP contribution >= 0.6 is 11.3 Å². The third-order valence-corrected chi connectivity index (χ3v) is 5.66. The number of aliphatic hydroxyl groups excluding tert-OH is 1. The lowest BCUT2D eigenvalue weighted by molar-refractivity contribution is -0.130. The van der Waals surface area contributed by atoms with Gasteiger partial charge in [0.25, 0.3) is 0 Å². The van der Waals surface area contributed by atoms with Crippen LogP contribution in [0.2, 0.25) is 0 Å². The van der Waals surface area contributed by atoms with Crippen molar-refractivity contribution >= 4 is 17.2 Å². The summed E-state index contributed by atoms with van der Waals surface area (Å²) in [6, 6.07) is 13.8. The second-order valence-corrected chi connectivity index (χ2v) is 7.12. The Hall–Kier alpha value is -1.69. The summed E-state index contributed by atoms with van der Waals surface area (Å²) in [7, 11) is 0. The first-order chi connectivity index (χ1) is 11.7. The summed E-state index contributed by atoms with van der Waals surface area (Å²) < 4.78 is 5.47. The molecule has 1 aromatic heterocycles. The molecule has 0 radical (unpaired) electrons. The third kappa shape index (κ3) is 3.69. The van der Waals surface area contributed by atoms with Gasteiger partial charge in [-0.15, -0.1) is 11.3 Å². The van der Waals surface area contributed by atoms with Crippen molar-refractivity contribution in [3.63, 3.8) is 0 Å². The molecule has 128 valence electrons. The summed E-state index contributed by atoms with van der Waals surface area (Å²) in [5.74, 6) is 0.0374. The molecule has 2 N–H and O–H groups in total. The average molecular weight is 345 g/mol. The Morgan fingerprint density at radius 1 is 1.21 bits per heavy atom. The molecule has 4 nitrogen and oxygen atoms in total. The first kappa shape index (κ1) is 17.1. The van der Waals surface area contributed by atoms with Crippen LogP contribution in [0.4, 0.5) is 0 Å². The van der Waals surface area contributed by atoms with Gasteiger partial charge in [0.15, 0.2) is 0 Å². The van der Waals surface area contributed by atoms with E-state index in [0.29, 0.717) is 39.0 Å². The molecule has 5 heteroatoms. The van der Waals surface area contributed by atoms with Crippen molar-refractivity contribution in [2.24, 2.45) is 0 Å². The van der Waals surface area contributed by atoms with E-state index in [0.717, 1.165) is 10.4 Å². The van der Waals surface area contributed by atoms with Gasteiger partial charge in [0.2, 0.25) is 5.91 Å². The van der Waals surface area contributed by atoms with E-state index >= 15 is 0 Å². The van der Waals surface area contributed by atoms with Crippen LogP contribution in [0.5, 0.6) is 0 Å². The maximum atomic E-state index is 12.9. The zero-order valence-corrected chi connectivity index (χ0v) is 14.4. The quantitative estimate of drug-likeness (QED) is 0.846. The van der Waals surface area contributed by atoms with Crippen LogP contribution in [0.1, 0.15) is 35.8 Å². The average Bonchev–Trinajstić information content (AvgIpc) is 3.17. The Bertz CT molecular complexity index is 636. The van der Waals surface area contributed by atoms with Crippen molar-refractivity contribution in [3.05, 3.63) is 58.3 Å². The Labute approximate surface area is 146 Å². The van der Waals surface area contributed by atoms with Gasteiger partial charge in [0.05, 0.1) is 11.5 Å². The maximum absolute atomic E-state index is 12.9. The lowest BCUT2D eigenvalue weighted by atomic mass is 9.73. The predicted octanol–water partition coefficient (Wildman–Crippen LogP) is 3.04. The number of hydrogen-bond acceptors (Lipinski definition) is 4. The molecular formula is C19H23NO3S. The van der Waals surface area contributed by atoms with Crippen LogP contribution in [-0.2, 0) is 14.9 Å². The summed E-state index contributed by atoms with van der Waals surface area (Å²) in [5.41, 5.74) is 0.525. The minimum Gasteiger partial charge on any atom is -0.388 e. The highest BCUT2D eigenvalue weighted by Gasteiger charge is 2.41. The normalized spacial score (nSPS) is 18.0. The largest absolute Gasteiger partial charge is 0.388 e. The number of benzene rings is 1. The van der Waals surface area contributed by atoms with Crippen molar-refractivity contribution < 1.29 is 14.6 Å². The summed E-state index contributed by atoms with van der Waals surface area (Å²) in [6.45, 7) is 1.66. The molecule has 0 spiro atoms. The molecule has 0 aliphatic carbocycles. The van der Waals surface area contributed by atoms with E-state index in [1.807, 2.05) is 47.8 Å². The molecule has 0 saturated carbocycles. The summed E-state index contributed by atoms with van der Waals surface area (Å²) >= 11 is 1.53. The van der Waals surface area contributed by atoms with E-state index in [1.165, 1.54) is 11.3 Å². The Kier molecular flexibility index (Phi) is 5.66. The number of ether oxygens (including phenoxy) is 1. The smallest absolute Gasteiger partial charge is 0.230 e. The number of thiophene rings is 1. The Morgan fingerprint density at radius 2 is 1.96 bits per heavy atom. The van der Waals surface area contributed by atoms with Gasteiger partial charge in [-0.3, -0.25) is 4.79 Å². The molecule has 1 aromatic carbocycles. The summed E-state index contributed by atoms with van der Waals surface area (Å²) in [4.78, 5) is 13.9. The SMILES string of the molecule is O=C(NCC[C@H](O)c1cccs1)C1(c2ccccc2)CCOCC1. The fourth-order valence-electron chi connectivity index (χ4n) is 3.24. The minimum atomic E-state index is -0.521.